The van der Waals surface area contributed by atoms with Crippen LogP contribution in [0.4, 0.5) is 0 Å². The maximum absolute atomic E-state index is 4.82. The minimum atomic E-state index is 0.571. The van der Waals surface area contributed by atoms with Crippen LogP contribution >= 0.6 is 0 Å². The van der Waals surface area contributed by atoms with E-state index in [2.05, 4.69) is 43.0 Å². The van der Waals surface area contributed by atoms with E-state index in [1.165, 1.54) is 44.2 Å². The summed E-state index contributed by atoms with van der Waals surface area (Å²) in [6.45, 7) is 7.95. The molecule has 1 atom stereocenters. The lowest BCUT2D eigenvalue weighted by Gasteiger charge is -2.19. The maximum Gasteiger partial charge on any atom is 0.0640 e. The van der Waals surface area contributed by atoms with E-state index in [1.807, 2.05) is 0 Å². The molecule has 0 aromatic carbocycles. The highest BCUT2D eigenvalue weighted by atomic mass is 15.3. The Morgan fingerprint density at radius 1 is 1.35 bits per heavy atom. The number of hydrogen-bond donors (Lipinski definition) is 1. The van der Waals surface area contributed by atoms with Crippen LogP contribution in [-0.2, 0) is 6.42 Å². The number of nitrogens with zero attached hydrogens (tertiary/aromatic N) is 2. The van der Waals surface area contributed by atoms with Gasteiger partial charge in [-0.1, -0.05) is 33.6 Å². The van der Waals surface area contributed by atoms with Gasteiger partial charge in [-0.3, -0.25) is 4.68 Å². The van der Waals surface area contributed by atoms with Crippen LogP contribution in [0.3, 0.4) is 0 Å². The molecule has 1 saturated carbocycles. The largest absolute Gasteiger partial charge is 0.314 e. The van der Waals surface area contributed by atoms with Gasteiger partial charge in [0.15, 0.2) is 0 Å². The second-order valence-corrected chi connectivity index (χ2v) is 6.71. The summed E-state index contributed by atoms with van der Waals surface area (Å²) in [6.07, 6.45) is 11.0. The SMILES string of the molecule is CCCNC(Cc1ccn(C2CCCC2)n1)CC(C)C. The Kier molecular flexibility index (Phi) is 6.08. The zero-order valence-electron chi connectivity index (χ0n) is 13.4. The molecule has 3 nitrogen and oxygen atoms in total. The second kappa shape index (κ2) is 7.82. The molecule has 1 N–H and O–H groups in total. The van der Waals surface area contributed by atoms with Crippen LogP contribution in [0.5, 0.6) is 0 Å². The summed E-state index contributed by atoms with van der Waals surface area (Å²) in [5.74, 6) is 0.737. The van der Waals surface area contributed by atoms with Gasteiger partial charge in [-0.25, -0.2) is 0 Å². The fraction of sp³-hybridized carbons (Fsp3) is 0.824. The third kappa shape index (κ3) is 4.62. The summed E-state index contributed by atoms with van der Waals surface area (Å²) >= 11 is 0. The molecule has 0 amide bonds. The molecule has 0 aliphatic heterocycles. The number of hydrogen-bond acceptors (Lipinski definition) is 2. The van der Waals surface area contributed by atoms with Gasteiger partial charge in [0.25, 0.3) is 0 Å². The van der Waals surface area contributed by atoms with Crippen LogP contribution in [0.15, 0.2) is 12.3 Å². The van der Waals surface area contributed by atoms with Gasteiger partial charge in [-0.2, -0.15) is 5.10 Å². The van der Waals surface area contributed by atoms with Gasteiger partial charge in [0.05, 0.1) is 11.7 Å². The van der Waals surface area contributed by atoms with Crippen LogP contribution in [0.25, 0.3) is 0 Å². The smallest absolute Gasteiger partial charge is 0.0640 e. The summed E-state index contributed by atoms with van der Waals surface area (Å²) < 4.78 is 2.22. The first-order valence-electron chi connectivity index (χ1n) is 8.46. The molecule has 0 radical (unpaired) electrons. The molecular formula is C17H31N3. The summed E-state index contributed by atoms with van der Waals surface area (Å²) in [7, 11) is 0. The van der Waals surface area contributed by atoms with E-state index in [1.54, 1.807) is 0 Å². The highest BCUT2D eigenvalue weighted by molar-refractivity contribution is 5.03. The van der Waals surface area contributed by atoms with Crippen molar-refractivity contribution < 1.29 is 0 Å². The van der Waals surface area contributed by atoms with Crippen molar-refractivity contribution in [2.75, 3.05) is 6.54 Å². The van der Waals surface area contributed by atoms with Crippen LogP contribution in [-0.4, -0.2) is 22.4 Å². The fourth-order valence-electron chi connectivity index (χ4n) is 3.27. The Morgan fingerprint density at radius 2 is 2.10 bits per heavy atom. The first kappa shape index (κ1) is 15.6. The Morgan fingerprint density at radius 3 is 2.75 bits per heavy atom. The minimum Gasteiger partial charge on any atom is -0.314 e. The van der Waals surface area contributed by atoms with Crippen molar-refractivity contribution in [3.05, 3.63) is 18.0 Å². The monoisotopic (exact) mass is 277 g/mol. The summed E-state index contributed by atoms with van der Waals surface area (Å²) in [6, 6.07) is 3.46. The number of rotatable bonds is 8. The number of nitrogens with one attached hydrogen (secondary N) is 1. The molecule has 3 heteroatoms. The van der Waals surface area contributed by atoms with Gasteiger partial charge < -0.3 is 5.32 Å². The highest BCUT2D eigenvalue weighted by Gasteiger charge is 2.18. The van der Waals surface area contributed by atoms with Crippen molar-refractivity contribution in [1.82, 2.24) is 15.1 Å². The molecular weight excluding hydrogens is 246 g/mol. The van der Waals surface area contributed by atoms with Crippen molar-refractivity contribution in [3.8, 4) is 0 Å². The van der Waals surface area contributed by atoms with Crippen molar-refractivity contribution in [3.63, 3.8) is 0 Å². The molecule has 1 aromatic rings. The van der Waals surface area contributed by atoms with E-state index in [0.717, 1.165) is 18.9 Å². The van der Waals surface area contributed by atoms with Gasteiger partial charge in [0.2, 0.25) is 0 Å². The van der Waals surface area contributed by atoms with Gasteiger partial charge in [-0.05, 0) is 44.2 Å². The molecule has 114 valence electrons. The van der Waals surface area contributed by atoms with Gasteiger partial charge >= 0.3 is 0 Å². The minimum absolute atomic E-state index is 0.571. The normalized spacial score (nSPS) is 18.0. The van der Waals surface area contributed by atoms with Crippen molar-refractivity contribution in [2.24, 2.45) is 5.92 Å². The van der Waals surface area contributed by atoms with E-state index in [0.29, 0.717) is 12.1 Å². The first-order valence-corrected chi connectivity index (χ1v) is 8.46. The quantitative estimate of drug-likeness (QED) is 0.779. The third-order valence-electron chi connectivity index (χ3n) is 4.26. The maximum atomic E-state index is 4.82. The molecule has 1 fully saturated rings. The van der Waals surface area contributed by atoms with Gasteiger partial charge in [-0.15, -0.1) is 0 Å². The van der Waals surface area contributed by atoms with Crippen LogP contribution in [0.1, 0.15) is 71.0 Å². The molecule has 1 aromatic heterocycles. The topological polar surface area (TPSA) is 29.9 Å². The highest BCUT2D eigenvalue weighted by Crippen LogP contribution is 2.28. The van der Waals surface area contributed by atoms with E-state index >= 15 is 0 Å². The first-order chi connectivity index (χ1) is 9.69. The lowest BCUT2D eigenvalue weighted by Crippen LogP contribution is -2.33. The average molecular weight is 277 g/mol. The molecule has 0 spiro atoms. The molecule has 0 bridgehead atoms. The second-order valence-electron chi connectivity index (χ2n) is 6.71. The molecule has 1 heterocycles. The van der Waals surface area contributed by atoms with E-state index in [-0.39, 0.29) is 0 Å². The fourth-order valence-corrected chi connectivity index (χ4v) is 3.27. The van der Waals surface area contributed by atoms with Gasteiger partial charge in [0, 0.05) is 18.7 Å². The van der Waals surface area contributed by atoms with Crippen molar-refractivity contribution in [1.29, 1.82) is 0 Å². The molecule has 1 unspecified atom stereocenters. The van der Waals surface area contributed by atoms with E-state index in [4.69, 9.17) is 5.10 Å². The Bertz CT molecular complexity index is 377. The van der Waals surface area contributed by atoms with Crippen LogP contribution in [0, 0.1) is 5.92 Å². The molecule has 1 aliphatic rings. The Balaban J connectivity index is 1.91. The van der Waals surface area contributed by atoms with E-state index < -0.39 is 0 Å². The zero-order chi connectivity index (χ0) is 14.4. The Hall–Kier alpha value is -0.830. The molecule has 1 aliphatic carbocycles. The Labute approximate surface area is 124 Å². The summed E-state index contributed by atoms with van der Waals surface area (Å²) in [4.78, 5) is 0. The van der Waals surface area contributed by atoms with Crippen molar-refractivity contribution in [2.45, 2.75) is 77.8 Å². The van der Waals surface area contributed by atoms with Gasteiger partial charge in [0.1, 0.15) is 0 Å². The third-order valence-corrected chi connectivity index (χ3v) is 4.26. The predicted octanol–water partition coefficient (Wildman–Crippen LogP) is 3.96. The lowest BCUT2D eigenvalue weighted by molar-refractivity contribution is 0.408. The van der Waals surface area contributed by atoms with Crippen LogP contribution < -0.4 is 5.32 Å². The number of aromatic nitrogens is 2. The zero-order valence-corrected chi connectivity index (χ0v) is 13.4. The standard InChI is InChI=1S/C17H31N3/c1-4-10-18-16(12-14(2)3)13-15-9-11-20(19-15)17-7-5-6-8-17/h9,11,14,16-18H,4-8,10,12-13H2,1-3H3. The summed E-state index contributed by atoms with van der Waals surface area (Å²) in [5, 5.41) is 8.50. The van der Waals surface area contributed by atoms with Crippen LogP contribution in [0.2, 0.25) is 0 Å². The average Bonchev–Trinajstić information content (AvgIpc) is 3.05. The predicted molar refractivity (Wildman–Crippen MR) is 85.0 cm³/mol. The molecule has 20 heavy (non-hydrogen) atoms. The van der Waals surface area contributed by atoms with Crippen molar-refractivity contribution >= 4 is 0 Å². The molecule has 2 rings (SSSR count). The lowest BCUT2D eigenvalue weighted by atomic mass is 10.00. The van der Waals surface area contributed by atoms with E-state index in [9.17, 15) is 0 Å². The summed E-state index contributed by atoms with van der Waals surface area (Å²) in [5.41, 5.74) is 1.26. The molecule has 0 saturated heterocycles.